The minimum Gasteiger partial charge on any atom is -0.381 e. The van der Waals surface area contributed by atoms with Gasteiger partial charge in [-0.3, -0.25) is 9.59 Å². The number of amides is 2. The van der Waals surface area contributed by atoms with Gasteiger partial charge in [0.2, 0.25) is 5.91 Å². The van der Waals surface area contributed by atoms with Crippen molar-refractivity contribution in [3.63, 3.8) is 0 Å². The predicted octanol–water partition coefficient (Wildman–Crippen LogP) is 1.25. The normalized spacial score (nSPS) is 19.0. The van der Waals surface area contributed by atoms with E-state index in [2.05, 4.69) is 15.5 Å². The number of nitrogens with zero attached hydrogens (tertiary/aromatic N) is 4. The van der Waals surface area contributed by atoms with Gasteiger partial charge in [-0.25, -0.2) is 0 Å². The van der Waals surface area contributed by atoms with Crippen molar-refractivity contribution in [1.29, 1.82) is 0 Å². The molecule has 2 amide bonds. The first-order valence-electron chi connectivity index (χ1n) is 10.2. The molecule has 1 atom stereocenters. The largest absolute Gasteiger partial charge is 0.381 e. The van der Waals surface area contributed by atoms with Gasteiger partial charge < -0.3 is 19.5 Å². The fourth-order valence-corrected chi connectivity index (χ4v) is 3.92. The standard InChI is InChI=1S/C21H27N5O3/c1-14-4-3-5-17(15(14)2)21(28)25-8-6-18-23-24-19(26(18)10-9-25)12-22-20(27)16-7-11-29-13-16/h3-5,16H,6-13H2,1-2H3,(H,22,27). The Morgan fingerprint density at radius 2 is 2.07 bits per heavy atom. The number of hydrogen-bond donors (Lipinski definition) is 1. The van der Waals surface area contributed by atoms with E-state index >= 15 is 0 Å². The number of fused-ring (bicyclic) bond motifs is 1. The summed E-state index contributed by atoms with van der Waals surface area (Å²) < 4.78 is 7.31. The summed E-state index contributed by atoms with van der Waals surface area (Å²) in [6.45, 7) is 7.30. The van der Waals surface area contributed by atoms with Crippen LogP contribution in [0.3, 0.4) is 0 Å². The number of ether oxygens (including phenoxy) is 1. The van der Waals surface area contributed by atoms with Crippen molar-refractivity contribution in [2.45, 2.75) is 39.8 Å². The lowest BCUT2D eigenvalue weighted by Crippen LogP contribution is -2.34. The third kappa shape index (κ3) is 4.03. The Bertz CT molecular complexity index is 917. The summed E-state index contributed by atoms with van der Waals surface area (Å²) in [4.78, 5) is 27.2. The van der Waals surface area contributed by atoms with Gasteiger partial charge in [-0.2, -0.15) is 0 Å². The third-order valence-corrected chi connectivity index (χ3v) is 5.95. The van der Waals surface area contributed by atoms with E-state index in [-0.39, 0.29) is 17.7 Å². The van der Waals surface area contributed by atoms with Crippen molar-refractivity contribution in [3.8, 4) is 0 Å². The third-order valence-electron chi connectivity index (χ3n) is 5.95. The van der Waals surface area contributed by atoms with E-state index in [0.29, 0.717) is 45.8 Å². The van der Waals surface area contributed by atoms with E-state index in [1.807, 2.05) is 41.5 Å². The van der Waals surface area contributed by atoms with Gasteiger partial charge >= 0.3 is 0 Å². The van der Waals surface area contributed by atoms with E-state index < -0.39 is 0 Å². The average molecular weight is 397 g/mol. The molecule has 1 saturated heterocycles. The van der Waals surface area contributed by atoms with Crippen molar-refractivity contribution in [2.75, 3.05) is 26.3 Å². The minimum absolute atomic E-state index is 0.000184. The smallest absolute Gasteiger partial charge is 0.254 e. The predicted molar refractivity (Wildman–Crippen MR) is 106 cm³/mol. The number of carbonyl (C=O) groups is 2. The number of rotatable bonds is 4. The van der Waals surface area contributed by atoms with Crippen LogP contribution in [-0.2, 0) is 29.0 Å². The molecular formula is C21H27N5O3. The van der Waals surface area contributed by atoms with Crippen molar-refractivity contribution >= 4 is 11.8 Å². The van der Waals surface area contributed by atoms with E-state index in [0.717, 1.165) is 34.8 Å². The molecule has 3 heterocycles. The first-order chi connectivity index (χ1) is 14.0. The number of carbonyl (C=O) groups excluding carboxylic acids is 2. The number of benzene rings is 1. The summed E-state index contributed by atoms with van der Waals surface area (Å²) in [6, 6.07) is 5.84. The maximum atomic E-state index is 13.1. The quantitative estimate of drug-likeness (QED) is 0.839. The van der Waals surface area contributed by atoms with Gasteiger partial charge in [0.15, 0.2) is 5.82 Å². The van der Waals surface area contributed by atoms with Crippen LogP contribution < -0.4 is 5.32 Å². The fraction of sp³-hybridized carbons (Fsp3) is 0.524. The van der Waals surface area contributed by atoms with Crippen molar-refractivity contribution in [2.24, 2.45) is 5.92 Å². The molecule has 2 aliphatic heterocycles. The van der Waals surface area contributed by atoms with Gasteiger partial charge in [-0.15, -0.1) is 10.2 Å². The van der Waals surface area contributed by atoms with Crippen LogP contribution in [0.5, 0.6) is 0 Å². The molecule has 8 nitrogen and oxygen atoms in total. The second-order valence-electron chi connectivity index (χ2n) is 7.75. The van der Waals surface area contributed by atoms with Gasteiger partial charge in [0.05, 0.1) is 19.1 Å². The maximum absolute atomic E-state index is 13.1. The molecular weight excluding hydrogens is 370 g/mol. The monoisotopic (exact) mass is 397 g/mol. The zero-order chi connectivity index (χ0) is 20.4. The summed E-state index contributed by atoms with van der Waals surface area (Å²) in [5.41, 5.74) is 2.91. The molecule has 0 radical (unpaired) electrons. The summed E-state index contributed by atoms with van der Waals surface area (Å²) in [7, 11) is 0. The molecule has 154 valence electrons. The Balaban J connectivity index is 1.41. The number of nitrogens with one attached hydrogen (secondary N) is 1. The van der Waals surface area contributed by atoms with E-state index in [1.165, 1.54) is 0 Å². The van der Waals surface area contributed by atoms with Crippen LogP contribution in [0.2, 0.25) is 0 Å². The molecule has 1 N–H and O–H groups in total. The SMILES string of the molecule is Cc1cccc(C(=O)N2CCc3nnc(CNC(=O)C4CCOC4)n3CC2)c1C. The zero-order valence-electron chi connectivity index (χ0n) is 17.0. The average Bonchev–Trinajstić information content (AvgIpc) is 3.34. The Labute approximate surface area is 170 Å². The Hall–Kier alpha value is -2.74. The highest BCUT2D eigenvalue weighted by atomic mass is 16.5. The molecule has 0 saturated carbocycles. The van der Waals surface area contributed by atoms with Crippen molar-refractivity contribution in [3.05, 3.63) is 46.5 Å². The lowest BCUT2D eigenvalue weighted by molar-refractivity contribution is -0.125. The molecule has 2 aliphatic rings. The zero-order valence-corrected chi connectivity index (χ0v) is 17.0. The second kappa shape index (κ2) is 8.32. The van der Waals surface area contributed by atoms with E-state index in [9.17, 15) is 9.59 Å². The van der Waals surface area contributed by atoms with Crippen LogP contribution >= 0.6 is 0 Å². The van der Waals surface area contributed by atoms with Crippen LogP contribution in [0.15, 0.2) is 18.2 Å². The highest BCUT2D eigenvalue weighted by Gasteiger charge is 2.26. The molecule has 0 bridgehead atoms. The molecule has 0 spiro atoms. The van der Waals surface area contributed by atoms with E-state index in [1.54, 1.807) is 0 Å². The first-order valence-corrected chi connectivity index (χ1v) is 10.2. The summed E-state index contributed by atoms with van der Waals surface area (Å²) in [6.07, 6.45) is 1.41. The lowest BCUT2D eigenvalue weighted by atomic mass is 10.0. The Morgan fingerprint density at radius 3 is 2.86 bits per heavy atom. The van der Waals surface area contributed by atoms with Gasteiger partial charge in [0.25, 0.3) is 5.91 Å². The number of aromatic nitrogens is 3. The molecule has 1 fully saturated rings. The molecule has 4 rings (SSSR count). The summed E-state index contributed by atoms with van der Waals surface area (Å²) in [5, 5.41) is 11.5. The van der Waals surface area contributed by atoms with Gasteiger partial charge in [0.1, 0.15) is 5.82 Å². The Morgan fingerprint density at radius 1 is 1.21 bits per heavy atom. The van der Waals surface area contributed by atoms with Crippen LogP contribution in [0.4, 0.5) is 0 Å². The molecule has 2 aromatic rings. The molecule has 8 heteroatoms. The maximum Gasteiger partial charge on any atom is 0.254 e. The lowest BCUT2D eigenvalue weighted by Gasteiger charge is -2.21. The van der Waals surface area contributed by atoms with Crippen LogP contribution in [0.1, 0.15) is 39.6 Å². The molecule has 1 aromatic heterocycles. The van der Waals surface area contributed by atoms with Crippen LogP contribution in [-0.4, -0.2) is 57.8 Å². The molecule has 1 unspecified atom stereocenters. The topological polar surface area (TPSA) is 89.3 Å². The summed E-state index contributed by atoms with van der Waals surface area (Å²) >= 11 is 0. The highest BCUT2D eigenvalue weighted by Crippen LogP contribution is 2.18. The summed E-state index contributed by atoms with van der Waals surface area (Å²) in [5.74, 6) is 1.57. The van der Waals surface area contributed by atoms with Gasteiger partial charge in [-0.1, -0.05) is 12.1 Å². The molecule has 1 aromatic carbocycles. The highest BCUT2D eigenvalue weighted by molar-refractivity contribution is 5.96. The minimum atomic E-state index is -0.0767. The fourth-order valence-electron chi connectivity index (χ4n) is 3.92. The van der Waals surface area contributed by atoms with Crippen molar-refractivity contribution in [1.82, 2.24) is 25.0 Å². The van der Waals surface area contributed by atoms with Gasteiger partial charge in [-0.05, 0) is 37.5 Å². The van der Waals surface area contributed by atoms with E-state index in [4.69, 9.17) is 4.74 Å². The number of hydrogen-bond acceptors (Lipinski definition) is 5. The van der Waals surface area contributed by atoms with Gasteiger partial charge in [0, 0.05) is 38.2 Å². The van der Waals surface area contributed by atoms with Crippen molar-refractivity contribution < 1.29 is 14.3 Å². The molecule has 29 heavy (non-hydrogen) atoms. The molecule has 0 aliphatic carbocycles. The number of aryl methyl sites for hydroxylation is 1. The van der Waals surface area contributed by atoms with Crippen LogP contribution in [0, 0.1) is 19.8 Å². The Kier molecular flexibility index (Phi) is 5.62. The first kappa shape index (κ1) is 19.6. The second-order valence-corrected chi connectivity index (χ2v) is 7.75. The van der Waals surface area contributed by atoms with Crippen LogP contribution in [0.25, 0.3) is 0 Å².